The zero-order valence-electron chi connectivity index (χ0n) is 20.7. The number of imide groups is 1. The smallest absolute Gasteiger partial charge is 0.305 e. The number of aryl methyl sites for hydroxylation is 1. The molecule has 4 aromatic rings. The molecule has 2 N–H and O–H groups in total. The standard InChI is InChI=1S/C29H23N3O5S2/c1-16-9-5-7-13-19(16)30-21(33)15-37-20-14-8-6-12-18(20)22-23-25(38-26-24(22)39-29(36)31-26)28(35)32(27(23)34)17-10-3-2-4-11-17/h2-14,22-23,25H,15H2,1H3,(H,30,33)(H,31,36). The first-order chi connectivity index (χ1) is 18.9. The van der Waals surface area contributed by atoms with Crippen molar-refractivity contribution in [3.8, 4) is 5.75 Å². The zero-order valence-corrected chi connectivity index (χ0v) is 22.4. The minimum atomic E-state index is -0.743. The Morgan fingerprint density at radius 3 is 2.46 bits per heavy atom. The zero-order chi connectivity index (χ0) is 27.1. The van der Waals surface area contributed by atoms with Gasteiger partial charge in [0.15, 0.2) is 6.61 Å². The molecule has 2 aliphatic heterocycles. The molecule has 0 spiro atoms. The van der Waals surface area contributed by atoms with E-state index in [0.29, 0.717) is 32.6 Å². The molecular formula is C29H23N3O5S2. The molecule has 1 fully saturated rings. The van der Waals surface area contributed by atoms with Gasteiger partial charge >= 0.3 is 4.87 Å². The molecule has 3 aromatic carbocycles. The van der Waals surface area contributed by atoms with Crippen LogP contribution in [0, 0.1) is 12.8 Å². The highest BCUT2D eigenvalue weighted by Crippen LogP contribution is 2.54. The van der Waals surface area contributed by atoms with Crippen LogP contribution in [0.15, 0.2) is 88.7 Å². The number of thioether (sulfide) groups is 1. The van der Waals surface area contributed by atoms with Gasteiger partial charge in [-0.15, -0.1) is 0 Å². The molecule has 0 aliphatic carbocycles. The number of fused-ring (bicyclic) bond motifs is 2. The quantitative estimate of drug-likeness (QED) is 0.337. The molecule has 6 rings (SSSR count). The highest BCUT2D eigenvalue weighted by Gasteiger charge is 2.56. The Balaban J connectivity index is 1.34. The molecule has 0 radical (unpaired) electrons. The van der Waals surface area contributed by atoms with Crippen molar-refractivity contribution in [2.45, 2.75) is 23.1 Å². The van der Waals surface area contributed by atoms with Crippen LogP contribution in [0.5, 0.6) is 5.75 Å². The average Bonchev–Trinajstić information content (AvgIpc) is 3.43. The van der Waals surface area contributed by atoms with Gasteiger partial charge in [-0.05, 0) is 36.8 Å². The minimum absolute atomic E-state index is 0.250. The summed E-state index contributed by atoms with van der Waals surface area (Å²) in [7, 11) is 0. The van der Waals surface area contributed by atoms with Gasteiger partial charge in [0.05, 0.1) is 16.6 Å². The monoisotopic (exact) mass is 557 g/mol. The number of carbonyl (C=O) groups excluding carboxylic acids is 3. The third kappa shape index (κ3) is 4.55. The minimum Gasteiger partial charge on any atom is -0.483 e. The maximum absolute atomic E-state index is 13.9. The van der Waals surface area contributed by atoms with E-state index >= 15 is 0 Å². The highest BCUT2D eigenvalue weighted by atomic mass is 32.2. The fraction of sp³-hybridized carbons (Fsp3) is 0.172. The van der Waals surface area contributed by atoms with E-state index < -0.39 is 17.1 Å². The third-order valence-electron chi connectivity index (χ3n) is 6.87. The number of nitrogens with zero attached hydrogens (tertiary/aromatic N) is 1. The van der Waals surface area contributed by atoms with Crippen molar-refractivity contribution in [3.05, 3.63) is 105 Å². The molecule has 10 heteroatoms. The van der Waals surface area contributed by atoms with E-state index in [-0.39, 0.29) is 29.2 Å². The topological polar surface area (TPSA) is 109 Å². The SMILES string of the molecule is Cc1ccccc1NC(=O)COc1ccccc1C1c2sc(=O)[nH]c2SC2C(=O)N(c3ccccc3)C(=O)C21. The molecule has 1 aromatic heterocycles. The molecular weight excluding hydrogens is 534 g/mol. The molecule has 3 heterocycles. The molecule has 2 aliphatic rings. The summed E-state index contributed by atoms with van der Waals surface area (Å²) in [5.41, 5.74) is 2.78. The summed E-state index contributed by atoms with van der Waals surface area (Å²) in [5.74, 6) is -1.90. The van der Waals surface area contributed by atoms with Gasteiger partial charge in [0.1, 0.15) is 11.0 Å². The Labute approximate surface area is 232 Å². The number of para-hydroxylation sites is 3. The van der Waals surface area contributed by atoms with E-state index in [1.807, 2.05) is 49.4 Å². The summed E-state index contributed by atoms with van der Waals surface area (Å²) < 4.78 is 6.00. The fourth-order valence-electron chi connectivity index (χ4n) is 5.10. The van der Waals surface area contributed by atoms with Crippen molar-refractivity contribution >= 4 is 52.2 Å². The van der Waals surface area contributed by atoms with Crippen LogP contribution in [0.4, 0.5) is 11.4 Å². The highest BCUT2D eigenvalue weighted by molar-refractivity contribution is 8.00. The van der Waals surface area contributed by atoms with E-state index in [4.69, 9.17) is 4.74 Å². The van der Waals surface area contributed by atoms with E-state index in [9.17, 15) is 19.2 Å². The van der Waals surface area contributed by atoms with Gasteiger partial charge in [0.2, 0.25) is 11.8 Å². The van der Waals surface area contributed by atoms with Gasteiger partial charge in [0, 0.05) is 22.0 Å². The summed E-state index contributed by atoms with van der Waals surface area (Å²) in [6.45, 7) is 1.65. The van der Waals surface area contributed by atoms with Crippen LogP contribution >= 0.6 is 23.1 Å². The second-order valence-corrected chi connectivity index (χ2v) is 11.5. The first kappa shape index (κ1) is 25.1. The van der Waals surface area contributed by atoms with Crippen LogP contribution in [-0.2, 0) is 14.4 Å². The first-order valence-electron chi connectivity index (χ1n) is 12.3. The number of hydrogen-bond acceptors (Lipinski definition) is 7. The summed E-state index contributed by atoms with van der Waals surface area (Å²) in [6, 6.07) is 23.5. The number of carbonyl (C=O) groups is 3. The van der Waals surface area contributed by atoms with E-state index in [2.05, 4.69) is 10.3 Å². The van der Waals surface area contributed by atoms with E-state index in [1.165, 1.54) is 16.7 Å². The van der Waals surface area contributed by atoms with Gasteiger partial charge < -0.3 is 15.0 Å². The van der Waals surface area contributed by atoms with Crippen molar-refractivity contribution in [1.82, 2.24) is 4.98 Å². The number of amides is 3. The number of H-pyrrole nitrogens is 1. The largest absolute Gasteiger partial charge is 0.483 e. The third-order valence-corrected chi connectivity index (χ3v) is 9.27. The number of hydrogen-bond donors (Lipinski definition) is 2. The van der Waals surface area contributed by atoms with Crippen LogP contribution in [0.1, 0.15) is 21.9 Å². The lowest BCUT2D eigenvalue weighted by Crippen LogP contribution is -2.32. The first-order valence-corrected chi connectivity index (χ1v) is 14.0. The molecule has 0 bridgehead atoms. The fourth-order valence-corrected chi connectivity index (χ4v) is 7.60. The Morgan fingerprint density at radius 1 is 0.949 bits per heavy atom. The maximum atomic E-state index is 13.9. The van der Waals surface area contributed by atoms with E-state index in [1.54, 1.807) is 36.4 Å². The number of ether oxygens (including phenoxy) is 1. The van der Waals surface area contributed by atoms with Crippen LogP contribution < -0.4 is 19.8 Å². The van der Waals surface area contributed by atoms with Crippen LogP contribution in [0.2, 0.25) is 0 Å². The number of anilines is 2. The molecule has 1 saturated heterocycles. The molecule has 8 nitrogen and oxygen atoms in total. The molecule has 3 amide bonds. The number of thiazole rings is 1. The summed E-state index contributed by atoms with van der Waals surface area (Å²) in [6.07, 6.45) is 0. The lowest BCUT2D eigenvalue weighted by Gasteiger charge is -2.30. The molecule has 3 atom stereocenters. The van der Waals surface area contributed by atoms with Gasteiger partial charge in [-0.3, -0.25) is 19.2 Å². The van der Waals surface area contributed by atoms with Gasteiger partial charge in [-0.2, -0.15) is 0 Å². The summed E-state index contributed by atoms with van der Waals surface area (Å²) in [4.78, 5) is 57.0. The van der Waals surface area contributed by atoms with Crippen LogP contribution in [-0.4, -0.2) is 34.6 Å². The Hall–Kier alpha value is -4.15. The van der Waals surface area contributed by atoms with Crippen molar-refractivity contribution in [2.24, 2.45) is 5.92 Å². The Morgan fingerprint density at radius 2 is 1.67 bits per heavy atom. The molecule has 3 unspecified atom stereocenters. The second kappa shape index (κ2) is 10.2. The predicted octanol–water partition coefficient (Wildman–Crippen LogP) is 4.56. The number of aromatic nitrogens is 1. The molecule has 39 heavy (non-hydrogen) atoms. The van der Waals surface area contributed by atoms with Crippen LogP contribution in [0.3, 0.4) is 0 Å². The van der Waals surface area contributed by atoms with E-state index in [0.717, 1.165) is 16.9 Å². The molecule has 0 saturated carbocycles. The van der Waals surface area contributed by atoms with Crippen molar-refractivity contribution < 1.29 is 19.1 Å². The average molecular weight is 558 g/mol. The normalized spacial score (nSPS) is 19.9. The van der Waals surface area contributed by atoms with Crippen molar-refractivity contribution in [1.29, 1.82) is 0 Å². The summed E-state index contributed by atoms with van der Waals surface area (Å²) >= 11 is 2.25. The lowest BCUT2D eigenvalue weighted by atomic mass is 9.82. The Bertz CT molecular complexity index is 1650. The number of rotatable bonds is 6. The van der Waals surface area contributed by atoms with Crippen molar-refractivity contribution in [3.63, 3.8) is 0 Å². The predicted molar refractivity (Wildman–Crippen MR) is 151 cm³/mol. The van der Waals surface area contributed by atoms with Crippen molar-refractivity contribution in [2.75, 3.05) is 16.8 Å². The Kier molecular flexibility index (Phi) is 6.58. The number of nitrogens with one attached hydrogen (secondary N) is 2. The number of aromatic amines is 1. The number of benzene rings is 3. The maximum Gasteiger partial charge on any atom is 0.305 e. The van der Waals surface area contributed by atoms with Crippen LogP contribution in [0.25, 0.3) is 0 Å². The second-order valence-electron chi connectivity index (χ2n) is 9.29. The lowest BCUT2D eigenvalue weighted by molar-refractivity contribution is -0.122. The van der Waals surface area contributed by atoms with Gasteiger partial charge in [-0.25, -0.2) is 4.90 Å². The summed E-state index contributed by atoms with van der Waals surface area (Å²) in [5, 5.41) is 2.73. The molecule has 196 valence electrons. The van der Waals surface area contributed by atoms with Gasteiger partial charge in [0.25, 0.3) is 5.91 Å². The van der Waals surface area contributed by atoms with Gasteiger partial charge in [-0.1, -0.05) is 77.7 Å².